The summed E-state index contributed by atoms with van der Waals surface area (Å²) in [6.45, 7) is 6.60. The van der Waals surface area contributed by atoms with Crippen LogP contribution in [0.2, 0.25) is 0 Å². The van der Waals surface area contributed by atoms with Crippen molar-refractivity contribution in [3.63, 3.8) is 0 Å². The summed E-state index contributed by atoms with van der Waals surface area (Å²) >= 11 is 0. The van der Waals surface area contributed by atoms with E-state index in [1.165, 1.54) is 231 Å². The van der Waals surface area contributed by atoms with E-state index in [0.29, 0.717) is 19.3 Å². The first-order chi connectivity index (χ1) is 35.5. The normalized spacial score (nSPS) is 12.2. The lowest BCUT2D eigenvalue weighted by Crippen LogP contribution is -2.30. The summed E-state index contributed by atoms with van der Waals surface area (Å²) < 4.78 is 16.8. The van der Waals surface area contributed by atoms with Crippen LogP contribution in [0.25, 0.3) is 0 Å². The van der Waals surface area contributed by atoms with E-state index in [1.54, 1.807) is 0 Å². The van der Waals surface area contributed by atoms with Gasteiger partial charge in [-0.25, -0.2) is 0 Å². The Balaban J connectivity index is 4.00. The zero-order valence-corrected chi connectivity index (χ0v) is 48.5. The minimum atomic E-state index is -0.766. The van der Waals surface area contributed by atoms with Gasteiger partial charge in [0.2, 0.25) is 0 Å². The topological polar surface area (TPSA) is 78.9 Å². The van der Waals surface area contributed by atoms with Crippen molar-refractivity contribution >= 4 is 17.9 Å². The summed E-state index contributed by atoms with van der Waals surface area (Å²) in [4.78, 5) is 37.9. The molecule has 1 unspecified atom stereocenters. The predicted molar refractivity (Wildman–Crippen MR) is 312 cm³/mol. The lowest BCUT2D eigenvalue weighted by molar-refractivity contribution is -0.167. The van der Waals surface area contributed by atoms with Crippen molar-refractivity contribution in [3.8, 4) is 0 Å². The summed E-state index contributed by atoms with van der Waals surface area (Å²) in [6.07, 6.45) is 74.9. The summed E-state index contributed by atoms with van der Waals surface area (Å²) in [5.41, 5.74) is 0. The van der Waals surface area contributed by atoms with Gasteiger partial charge in [0.1, 0.15) is 13.2 Å². The smallest absolute Gasteiger partial charge is 0.306 e. The first-order valence-corrected chi connectivity index (χ1v) is 32.0. The third kappa shape index (κ3) is 58.5. The van der Waals surface area contributed by atoms with Gasteiger partial charge in [0, 0.05) is 19.3 Å². The van der Waals surface area contributed by atoms with E-state index in [-0.39, 0.29) is 31.1 Å². The fourth-order valence-corrected chi connectivity index (χ4v) is 9.57. The lowest BCUT2D eigenvalue weighted by atomic mass is 10.0. The molecule has 0 aromatic rings. The first kappa shape index (κ1) is 69.6. The second-order valence-corrected chi connectivity index (χ2v) is 21.7. The maximum absolute atomic E-state index is 12.8. The number of carbonyl (C=O) groups excluding carboxylic acids is 3. The van der Waals surface area contributed by atoms with Gasteiger partial charge in [0.15, 0.2) is 6.10 Å². The van der Waals surface area contributed by atoms with Gasteiger partial charge in [0.25, 0.3) is 0 Å². The number of unbranched alkanes of at least 4 members (excludes halogenated alkanes) is 42. The van der Waals surface area contributed by atoms with E-state index in [9.17, 15) is 14.4 Å². The predicted octanol–water partition coefficient (Wildman–Crippen LogP) is 21.6. The molecule has 0 N–H and O–H groups in total. The van der Waals surface area contributed by atoms with Crippen LogP contribution in [0.4, 0.5) is 0 Å². The van der Waals surface area contributed by atoms with Gasteiger partial charge in [-0.3, -0.25) is 14.4 Å². The average molecular weight is 1010 g/mol. The van der Waals surface area contributed by atoms with Gasteiger partial charge in [0.05, 0.1) is 0 Å². The molecule has 0 amide bonds. The zero-order chi connectivity index (χ0) is 52.2. The quantitative estimate of drug-likeness (QED) is 0.0261. The van der Waals surface area contributed by atoms with E-state index in [1.807, 2.05) is 0 Å². The molecule has 0 heterocycles. The van der Waals surface area contributed by atoms with E-state index >= 15 is 0 Å². The summed E-state index contributed by atoms with van der Waals surface area (Å²) in [6, 6.07) is 0. The van der Waals surface area contributed by atoms with E-state index in [4.69, 9.17) is 14.2 Å². The molecule has 1 atom stereocenters. The minimum absolute atomic E-state index is 0.0690. The van der Waals surface area contributed by atoms with Crippen molar-refractivity contribution in [2.45, 2.75) is 354 Å². The van der Waals surface area contributed by atoms with Crippen LogP contribution in [0, 0.1) is 0 Å². The van der Waals surface area contributed by atoms with Crippen molar-refractivity contribution in [1.82, 2.24) is 0 Å². The number of carbonyl (C=O) groups is 3. The van der Waals surface area contributed by atoms with E-state index < -0.39 is 6.10 Å². The number of rotatable bonds is 59. The summed E-state index contributed by atoms with van der Waals surface area (Å²) in [7, 11) is 0. The van der Waals surface area contributed by atoms with Gasteiger partial charge in [-0.2, -0.15) is 0 Å². The molecule has 422 valence electrons. The Bertz CT molecular complexity index is 1210. The number of allylic oxidation sites excluding steroid dienone is 6. The molecule has 0 aliphatic rings. The Kier molecular flexibility index (Phi) is 59.2. The average Bonchev–Trinajstić information content (AvgIpc) is 3.38. The zero-order valence-electron chi connectivity index (χ0n) is 48.5. The van der Waals surface area contributed by atoms with Crippen LogP contribution < -0.4 is 0 Å². The molecular formula is C66H122O6. The maximum atomic E-state index is 12.8. The highest BCUT2D eigenvalue weighted by atomic mass is 16.6. The molecule has 0 rings (SSSR count). The highest BCUT2D eigenvalue weighted by Crippen LogP contribution is 2.18. The third-order valence-corrected chi connectivity index (χ3v) is 14.4. The Morgan fingerprint density at radius 1 is 0.278 bits per heavy atom. The van der Waals surface area contributed by atoms with Crippen LogP contribution in [-0.2, 0) is 28.6 Å². The monoisotopic (exact) mass is 1010 g/mol. The SMILES string of the molecule is CCCCCCC/C=C\C/C=C\C/C=C\CCCCCCCCCCCCCCC(=O)OCC(COC(=O)CCCCCCC)OC(=O)CCCCCCCCCCCCCCCCCCCCCCCC. The van der Waals surface area contributed by atoms with Crippen molar-refractivity contribution in [2.75, 3.05) is 13.2 Å². The Hall–Kier alpha value is -2.37. The molecule has 0 saturated heterocycles. The van der Waals surface area contributed by atoms with Gasteiger partial charge in [-0.05, 0) is 57.8 Å². The van der Waals surface area contributed by atoms with Gasteiger partial charge < -0.3 is 14.2 Å². The number of hydrogen-bond donors (Lipinski definition) is 0. The fraction of sp³-hybridized carbons (Fsp3) is 0.864. The second-order valence-electron chi connectivity index (χ2n) is 21.7. The molecule has 0 aliphatic heterocycles. The van der Waals surface area contributed by atoms with Crippen LogP contribution in [0.5, 0.6) is 0 Å². The molecule has 0 fully saturated rings. The van der Waals surface area contributed by atoms with Gasteiger partial charge >= 0.3 is 17.9 Å². The van der Waals surface area contributed by atoms with Crippen LogP contribution in [-0.4, -0.2) is 37.2 Å². The molecule has 72 heavy (non-hydrogen) atoms. The molecule has 0 bridgehead atoms. The van der Waals surface area contributed by atoms with Crippen molar-refractivity contribution < 1.29 is 28.6 Å². The summed E-state index contributed by atoms with van der Waals surface area (Å²) in [5, 5.41) is 0. The molecule has 0 saturated carbocycles. The van der Waals surface area contributed by atoms with Crippen LogP contribution in [0.3, 0.4) is 0 Å². The van der Waals surface area contributed by atoms with Crippen molar-refractivity contribution in [1.29, 1.82) is 0 Å². The number of ether oxygens (including phenoxy) is 3. The number of hydrogen-bond acceptors (Lipinski definition) is 6. The largest absolute Gasteiger partial charge is 0.462 e. The molecule has 6 heteroatoms. The fourth-order valence-electron chi connectivity index (χ4n) is 9.57. The van der Waals surface area contributed by atoms with Crippen LogP contribution in [0.1, 0.15) is 348 Å². The van der Waals surface area contributed by atoms with Crippen LogP contribution >= 0.6 is 0 Å². The maximum Gasteiger partial charge on any atom is 0.306 e. The van der Waals surface area contributed by atoms with Gasteiger partial charge in [-0.15, -0.1) is 0 Å². The highest BCUT2D eigenvalue weighted by molar-refractivity contribution is 5.71. The second kappa shape index (κ2) is 61.2. The van der Waals surface area contributed by atoms with Crippen molar-refractivity contribution in [3.05, 3.63) is 36.5 Å². The highest BCUT2D eigenvalue weighted by Gasteiger charge is 2.19. The molecular weight excluding hydrogens is 889 g/mol. The Morgan fingerprint density at radius 3 is 0.778 bits per heavy atom. The van der Waals surface area contributed by atoms with E-state index in [0.717, 1.165) is 77.0 Å². The van der Waals surface area contributed by atoms with Gasteiger partial charge in [-0.1, -0.05) is 308 Å². The standard InChI is InChI=1S/C66H122O6/c1-4-7-10-13-15-17-19-21-23-25-27-29-31-32-33-34-35-37-38-40-42-44-46-48-50-53-56-59-65(68)71-62-63(61-70-64(67)58-55-52-12-9-6-3)72-66(69)60-57-54-51-49-47-45-43-41-39-36-30-28-26-24-22-20-18-16-14-11-8-5-2/h19,21,25,27,31-32,63H,4-18,20,22-24,26,28-30,33-62H2,1-3H3/b21-19-,27-25-,32-31-. The van der Waals surface area contributed by atoms with Crippen LogP contribution in [0.15, 0.2) is 36.5 Å². The number of esters is 3. The minimum Gasteiger partial charge on any atom is -0.462 e. The Morgan fingerprint density at radius 2 is 0.500 bits per heavy atom. The molecule has 0 radical (unpaired) electrons. The molecule has 0 aromatic carbocycles. The Labute approximate surface area is 448 Å². The lowest BCUT2D eigenvalue weighted by Gasteiger charge is -2.18. The molecule has 0 aliphatic carbocycles. The van der Waals surface area contributed by atoms with Crippen molar-refractivity contribution in [2.24, 2.45) is 0 Å². The first-order valence-electron chi connectivity index (χ1n) is 32.0. The van der Waals surface area contributed by atoms with E-state index in [2.05, 4.69) is 57.2 Å². The molecule has 6 nitrogen and oxygen atoms in total. The summed E-state index contributed by atoms with van der Waals surface area (Å²) in [5.74, 6) is -0.863. The molecule has 0 spiro atoms. The molecule has 0 aromatic heterocycles. The third-order valence-electron chi connectivity index (χ3n) is 14.4.